The number of aldehydes is 1. The number of ether oxygens (including phenoxy) is 3. The molecular weight excluding hydrogens is 250 g/mol. The van der Waals surface area contributed by atoms with Crippen molar-refractivity contribution in [3.05, 3.63) is 23.4 Å². The molecule has 6 nitrogen and oxygen atoms in total. The van der Waals surface area contributed by atoms with Gasteiger partial charge in [-0.3, -0.25) is 4.79 Å². The fraction of sp³-hybridized carbons (Fsp3) is 0.231. The topological polar surface area (TPSA) is 77.6 Å². The van der Waals surface area contributed by atoms with Gasteiger partial charge in [-0.15, -0.1) is 0 Å². The highest BCUT2D eigenvalue weighted by molar-refractivity contribution is 6.06. The first-order valence-corrected chi connectivity index (χ1v) is 5.47. The van der Waals surface area contributed by atoms with E-state index in [4.69, 9.17) is 9.47 Å². The summed E-state index contributed by atoms with van der Waals surface area (Å²) in [5.41, 5.74) is 1.14. The summed E-state index contributed by atoms with van der Waals surface area (Å²) in [5.74, 6) is 0.344. The maximum atomic E-state index is 11.5. The fourth-order valence-corrected chi connectivity index (χ4v) is 1.93. The summed E-state index contributed by atoms with van der Waals surface area (Å²) in [4.78, 5) is 25.6. The summed E-state index contributed by atoms with van der Waals surface area (Å²) < 4.78 is 15.0. The summed E-state index contributed by atoms with van der Waals surface area (Å²) in [6.07, 6.45) is 0.676. The molecular formula is C13H13NO5. The third-order valence-corrected chi connectivity index (χ3v) is 2.84. The smallest absolute Gasteiger partial charge is 0.354 e. The highest BCUT2D eigenvalue weighted by atomic mass is 16.5. The van der Waals surface area contributed by atoms with Gasteiger partial charge in [0.05, 0.1) is 32.4 Å². The van der Waals surface area contributed by atoms with E-state index in [0.29, 0.717) is 34.3 Å². The van der Waals surface area contributed by atoms with Crippen molar-refractivity contribution in [1.82, 2.24) is 4.98 Å². The Morgan fingerprint density at radius 3 is 2.37 bits per heavy atom. The molecule has 0 radical (unpaired) electrons. The maximum Gasteiger partial charge on any atom is 0.354 e. The SMILES string of the molecule is COC(=O)c1cc2c(C=O)c(OC)cc(OC)c2[nH]1. The number of nitrogens with one attached hydrogen (secondary N) is 1. The molecule has 1 heterocycles. The van der Waals surface area contributed by atoms with E-state index in [9.17, 15) is 9.59 Å². The van der Waals surface area contributed by atoms with Gasteiger partial charge in [0.1, 0.15) is 17.2 Å². The quantitative estimate of drug-likeness (QED) is 0.672. The standard InChI is InChI=1S/C13H13NO5/c1-17-10-5-11(18-2)12-7(8(10)6-15)4-9(14-12)13(16)19-3/h4-6,14H,1-3H3. The van der Waals surface area contributed by atoms with Crippen molar-refractivity contribution >= 4 is 23.2 Å². The minimum Gasteiger partial charge on any atom is -0.496 e. The molecule has 2 aromatic rings. The first kappa shape index (κ1) is 12.9. The molecule has 19 heavy (non-hydrogen) atoms. The summed E-state index contributed by atoms with van der Waals surface area (Å²) in [5, 5.41) is 0.548. The van der Waals surface area contributed by atoms with Crippen LogP contribution in [0.2, 0.25) is 0 Å². The Balaban J connectivity index is 2.79. The van der Waals surface area contributed by atoms with Crippen LogP contribution >= 0.6 is 0 Å². The number of rotatable bonds is 4. The van der Waals surface area contributed by atoms with Crippen molar-refractivity contribution in [2.45, 2.75) is 0 Å². The number of hydrogen-bond donors (Lipinski definition) is 1. The van der Waals surface area contributed by atoms with Crippen LogP contribution in [-0.4, -0.2) is 38.6 Å². The van der Waals surface area contributed by atoms with E-state index in [-0.39, 0.29) is 5.69 Å². The van der Waals surface area contributed by atoms with Crippen LogP contribution in [0.25, 0.3) is 10.9 Å². The Hall–Kier alpha value is -2.50. The lowest BCUT2D eigenvalue weighted by Gasteiger charge is -2.08. The van der Waals surface area contributed by atoms with Crippen LogP contribution in [-0.2, 0) is 4.74 Å². The molecule has 0 atom stereocenters. The number of benzene rings is 1. The molecule has 1 aromatic heterocycles. The number of H-pyrrole nitrogens is 1. The van der Waals surface area contributed by atoms with Crippen LogP contribution in [0.4, 0.5) is 0 Å². The van der Waals surface area contributed by atoms with E-state index in [1.54, 1.807) is 6.07 Å². The van der Waals surface area contributed by atoms with E-state index in [0.717, 1.165) is 0 Å². The molecule has 2 rings (SSSR count). The first-order valence-electron chi connectivity index (χ1n) is 5.47. The molecule has 0 fully saturated rings. The molecule has 1 N–H and O–H groups in total. The van der Waals surface area contributed by atoms with Crippen LogP contribution in [0, 0.1) is 0 Å². The molecule has 0 aliphatic rings. The molecule has 6 heteroatoms. The summed E-state index contributed by atoms with van der Waals surface area (Å²) in [6, 6.07) is 3.12. The van der Waals surface area contributed by atoms with Gasteiger partial charge in [0.2, 0.25) is 0 Å². The molecule has 0 amide bonds. The number of hydrogen-bond acceptors (Lipinski definition) is 5. The Morgan fingerprint density at radius 2 is 1.84 bits per heavy atom. The maximum absolute atomic E-state index is 11.5. The summed E-state index contributed by atoms with van der Waals surface area (Å²) >= 11 is 0. The first-order chi connectivity index (χ1) is 9.15. The van der Waals surface area contributed by atoms with Gasteiger partial charge in [0.25, 0.3) is 0 Å². The zero-order chi connectivity index (χ0) is 14.0. The van der Waals surface area contributed by atoms with Gasteiger partial charge >= 0.3 is 5.97 Å². The van der Waals surface area contributed by atoms with Crippen LogP contribution in [0.1, 0.15) is 20.8 Å². The third kappa shape index (κ3) is 2.01. The van der Waals surface area contributed by atoms with E-state index in [1.807, 2.05) is 0 Å². The van der Waals surface area contributed by atoms with Gasteiger partial charge < -0.3 is 19.2 Å². The van der Waals surface area contributed by atoms with Crippen LogP contribution in [0.5, 0.6) is 11.5 Å². The van der Waals surface area contributed by atoms with E-state index in [2.05, 4.69) is 9.72 Å². The van der Waals surface area contributed by atoms with Gasteiger partial charge in [-0.05, 0) is 6.07 Å². The van der Waals surface area contributed by atoms with Crippen molar-refractivity contribution in [3.8, 4) is 11.5 Å². The summed E-state index contributed by atoms with van der Waals surface area (Å²) in [6.45, 7) is 0. The Kier molecular flexibility index (Phi) is 3.41. The highest BCUT2D eigenvalue weighted by Gasteiger charge is 2.18. The molecule has 100 valence electrons. The molecule has 0 aliphatic heterocycles. The normalized spacial score (nSPS) is 10.3. The number of aromatic amines is 1. The lowest BCUT2D eigenvalue weighted by molar-refractivity contribution is 0.0595. The van der Waals surface area contributed by atoms with Crippen LogP contribution in [0.3, 0.4) is 0 Å². The molecule has 0 unspecified atom stereocenters. The average Bonchev–Trinajstić information content (AvgIpc) is 2.89. The molecule has 0 bridgehead atoms. The van der Waals surface area contributed by atoms with Crippen LogP contribution in [0.15, 0.2) is 12.1 Å². The second-order valence-electron chi connectivity index (χ2n) is 3.78. The number of methoxy groups -OCH3 is 3. The number of fused-ring (bicyclic) bond motifs is 1. The van der Waals surface area contributed by atoms with Gasteiger partial charge in [-0.25, -0.2) is 4.79 Å². The Bertz CT molecular complexity index is 644. The van der Waals surface area contributed by atoms with Gasteiger partial charge in [0.15, 0.2) is 6.29 Å². The zero-order valence-corrected chi connectivity index (χ0v) is 10.8. The van der Waals surface area contributed by atoms with Crippen LogP contribution < -0.4 is 9.47 Å². The molecule has 0 spiro atoms. The Labute approximate surface area is 109 Å². The van der Waals surface area contributed by atoms with Crippen molar-refractivity contribution < 1.29 is 23.8 Å². The van der Waals surface area contributed by atoms with Crippen molar-refractivity contribution in [3.63, 3.8) is 0 Å². The summed E-state index contributed by atoms with van der Waals surface area (Å²) in [7, 11) is 4.24. The zero-order valence-electron chi connectivity index (χ0n) is 10.8. The van der Waals surface area contributed by atoms with Crippen molar-refractivity contribution in [2.75, 3.05) is 21.3 Å². The fourth-order valence-electron chi connectivity index (χ4n) is 1.93. The number of esters is 1. The predicted octanol–water partition coefficient (Wildman–Crippen LogP) is 1.78. The lowest BCUT2D eigenvalue weighted by atomic mass is 10.1. The second-order valence-corrected chi connectivity index (χ2v) is 3.78. The third-order valence-electron chi connectivity index (χ3n) is 2.84. The molecule has 1 aromatic carbocycles. The molecule has 0 aliphatic carbocycles. The average molecular weight is 263 g/mol. The monoisotopic (exact) mass is 263 g/mol. The lowest BCUT2D eigenvalue weighted by Crippen LogP contribution is -2.00. The minimum atomic E-state index is -0.519. The number of carbonyl (C=O) groups excluding carboxylic acids is 2. The highest BCUT2D eigenvalue weighted by Crippen LogP contribution is 2.35. The minimum absolute atomic E-state index is 0.243. The van der Waals surface area contributed by atoms with Crippen molar-refractivity contribution in [1.29, 1.82) is 0 Å². The van der Waals surface area contributed by atoms with Gasteiger partial charge in [-0.2, -0.15) is 0 Å². The molecule has 0 saturated heterocycles. The largest absolute Gasteiger partial charge is 0.496 e. The molecule has 0 saturated carbocycles. The van der Waals surface area contributed by atoms with E-state index in [1.165, 1.54) is 27.4 Å². The van der Waals surface area contributed by atoms with E-state index < -0.39 is 5.97 Å². The van der Waals surface area contributed by atoms with E-state index >= 15 is 0 Å². The number of aromatic nitrogens is 1. The second kappa shape index (κ2) is 5.01. The van der Waals surface area contributed by atoms with Crippen molar-refractivity contribution in [2.24, 2.45) is 0 Å². The Morgan fingerprint density at radius 1 is 1.16 bits per heavy atom. The predicted molar refractivity (Wildman–Crippen MR) is 68.1 cm³/mol. The van der Waals surface area contributed by atoms with Gasteiger partial charge in [0, 0.05) is 11.5 Å². The van der Waals surface area contributed by atoms with Gasteiger partial charge in [-0.1, -0.05) is 0 Å². The number of carbonyl (C=O) groups is 2.